The molecule has 0 fully saturated rings. The molecule has 0 radical (unpaired) electrons. The van der Waals surface area contributed by atoms with Crippen LogP contribution in [0, 0.1) is 19.3 Å². The van der Waals surface area contributed by atoms with Crippen molar-refractivity contribution in [2.24, 2.45) is 4.99 Å². The van der Waals surface area contributed by atoms with Crippen LogP contribution in [0.5, 0.6) is 0 Å². The van der Waals surface area contributed by atoms with Gasteiger partial charge in [-0.2, -0.15) is 0 Å². The summed E-state index contributed by atoms with van der Waals surface area (Å²) in [4.78, 5) is 32.8. The topological polar surface area (TPSA) is 65.6 Å². The molecule has 1 atom stereocenters. The van der Waals surface area contributed by atoms with E-state index in [2.05, 4.69) is 10.5 Å². The van der Waals surface area contributed by atoms with Gasteiger partial charge >= 0.3 is 5.97 Å². The number of fused-ring (bicyclic) bond motifs is 3. The highest BCUT2D eigenvalue weighted by Gasteiger charge is 2.34. The summed E-state index contributed by atoms with van der Waals surface area (Å²) in [5.41, 5.74) is 4.52. The highest BCUT2D eigenvalue weighted by molar-refractivity contribution is 7.07. The Balaban J connectivity index is 1.64. The summed E-state index contributed by atoms with van der Waals surface area (Å²) < 4.78 is 9.73. The van der Waals surface area contributed by atoms with E-state index in [0.717, 1.165) is 38.5 Å². The second-order valence-corrected chi connectivity index (χ2v) is 10.7. The van der Waals surface area contributed by atoms with Crippen molar-refractivity contribution >= 4 is 45.1 Å². The molecule has 0 saturated heterocycles. The van der Waals surface area contributed by atoms with Gasteiger partial charge in [-0.1, -0.05) is 77.9 Å². The molecule has 3 aromatic carbocycles. The molecule has 6 nitrogen and oxygen atoms in total. The predicted octanol–water partition coefficient (Wildman–Crippen LogP) is 4.85. The van der Waals surface area contributed by atoms with Crippen LogP contribution in [-0.2, 0) is 16.1 Å². The first kappa shape index (κ1) is 25.6. The highest BCUT2D eigenvalue weighted by atomic mass is 32.1. The fraction of sp³-hybridized carbons (Fsp3) is 0.182. The molecule has 3 heterocycles. The lowest BCUT2D eigenvalue weighted by atomic mass is 9.91. The third-order valence-electron chi connectivity index (χ3n) is 7.44. The second-order valence-electron chi connectivity index (χ2n) is 9.68. The Labute approximate surface area is 235 Å². The molecule has 0 spiro atoms. The summed E-state index contributed by atoms with van der Waals surface area (Å²) >= 11 is 1.32. The number of para-hydroxylation sites is 1. The Morgan fingerprint density at radius 3 is 2.58 bits per heavy atom. The predicted molar refractivity (Wildman–Crippen MR) is 160 cm³/mol. The Kier molecular flexibility index (Phi) is 6.49. The smallest absolute Gasteiger partial charge is 0.338 e. The lowest BCUT2D eigenvalue weighted by Crippen LogP contribution is -2.40. The van der Waals surface area contributed by atoms with E-state index in [1.54, 1.807) is 18.4 Å². The number of carbonyl (C=O) groups is 1. The van der Waals surface area contributed by atoms with Crippen LogP contribution < -0.4 is 14.9 Å². The summed E-state index contributed by atoms with van der Waals surface area (Å²) in [5, 5.41) is 3.02. The number of allylic oxidation sites excluding steroid dienone is 1. The summed E-state index contributed by atoms with van der Waals surface area (Å²) in [7, 11) is 0. The largest absolute Gasteiger partial charge is 0.463 e. The van der Waals surface area contributed by atoms with Gasteiger partial charge in [0, 0.05) is 22.2 Å². The van der Waals surface area contributed by atoms with Gasteiger partial charge < -0.3 is 9.30 Å². The van der Waals surface area contributed by atoms with Crippen molar-refractivity contribution in [3.8, 4) is 12.3 Å². The Hall–Kier alpha value is -4.67. The third kappa shape index (κ3) is 4.00. The molecule has 0 N–H and O–H groups in total. The van der Waals surface area contributed by atoms with Gasteiger partial charge in [0.05, 0.1) is 35.0 Å². The van der Waals surface area contributed by atoms with Crippen molar-refractivity contribution in [1.29, 1.82) is 0 Å². The zero-order valence-corrected chi connectivity index (χ0v) is 23.3. The molecule has 7 heteroatoms. The van der Waals surface area contributed by atoms with Gasteiger partial charge in [-0.15, -0.1) is 6.42 Å². The molecule has 6 rings (SSSR count). The summed E-state index contributed by atoms with van der Waals surface area (Å²) in [6, 6.07) is 21.3. The minimum Gasteiger partial charge on any atom is -0.463 e. The monoisotopic (exact) mass is 545 g/mol. The number of thiazole rings is 1. The first-order valence-corrected chi connectivity index (χ1v) is 13.9. The molecule has 5 aromatic rings. The summed E-state index contributed by atoms with van der Waals surface area (Å²) in [6.07, 6.45) is 7.60. The molecular formula is C33H27N3O3S. The van der Waals surface area contributed by atoms with Crippen LogP contribution in [0.4, 0.5) is 0 Å². The number of benzene rings is 3. The zero-order valence-electron chi connectivity index (χ0n) is 22.5. The molecule has 1 aliphatic heterocycles. The van der Waals surface area contributed by atoms with Crippen LogP contribution in [0.3, 0.4) is 0 Å². The van der Waals surface area contributed by atoms with Crippen molar-refractivity contribution in [3.05, 3.63) is 115 Å². The lowest BCUT2D eigenvalue weighted by Gasteiger charge is -2.25. The van der Waals surface area contributed by atoms with Gasteiger partial charge in [-0.25, -0.2) is 9.79 Å². The van der Waals surface area contributed by atoms with Gasteiger partial charge in [0.2, 0.25) is 0 Å². The quantitative estimate of drug-likeness (QED) is 0.234. The fourth-order valence-electron chi connectivity index (χ4n) is 5.64. The minimum atomic E-state index is -0.674. The molecule has 1 aliphatic rings. The van der Waals surface area contributed by atoms with E-state index in [1.165, 1.54) is 11.3 Å². The minimum absolute atomic E-state index is 0.204. The number of hydrogen-bond acceptors (Lipinski definition) is 5. The Bertz CT molecular complexity index is 2080. The SMILES string of the molecule is C#CCn1c(C)c(C=c2sc3n(c2=O)C(c2cccc4ccccc24)C(C(=O)OCC)=C(C)N=3)c2ccccc21. The Morgan fingerprint density at radius 2 is 1.80 bits per heavy atom. The first-order chi connectivity index (χ1) is 19.4. The average molecular weight is 546 g/mol. The molecule has 0 aliphatic carbocycles. The molecule has 1 unspecified atom stereocenters. The van der Waals surface area contributed by atoms with E-state index >= 15 is 0 Å². The van der Waals surface area contributed by atoms with E-state index in [0.29, 0.717) is 27.1 Å². The maximum atomic E-state index is 14.2. The van der Waals surface area contributed by atoms with Gasteiger partial charge in [0.25, 0.3) is 5.56 Å². The maximum Gasteiger partial charge on any atom is 0.338 e. The van der Waals surface area contributed by atoms with Crippen LogP contribution in [-0.4, -0.2) is 21.7 Å². The highest BCUT2D eigenvalue weighted by Crippen LogP contribution is 2.35. The van der Waals surface area contributed by atoms with Crippen LogP contribution in [0.15, 0.2) is 87.8 Å². The van der Waals surface area contributed by atoms with Crippen LogP contribution >= 0.6 is 11.3 Å². The number of aromatic nitrogens is 2. The molecule has 2 aromatic heterocycles. The second kappa shape index (κ2) is 10.1. The maximum absolute atomic E-state index is 14.2. The van der Waals surface area contributed by atoms with Crippen molar-refractivity contribution in [2.45, 2.75) is 33.4 Å². The molecule has 40 heavy (non-hydrogen) atoms. The number of esters is 1. The summed E-state index contributed by atoms with van der Waals surface area (Å²) in [5.74, 6) is 2.27. The Morgan fingerprint density at radius 1 is 1.07 bits per heavy atom. The van der Waals surface area contributed by atoms with Crippen LogP contribution in [0.1, 0.15) is 36.7 Å². The number of hydrogen-bond donors (Lipinski definition) is 0. The van der Waals surface area contributed by atoms with Crippen LogP contribution in [0.2, 0.25) is 0 Å². The van der Waals surface area contributed by atoms with Gasteiger partial charge in [0.1, 0.15) is 0 Å². The fourth-order valence-corrected chi connectivity index (χ4v) is 6.67. The number of terminal acetylenes is 1. The number of carbonyl (C=O) groups excluding carboxylic acids is 1. The van der Waals surface area contributed by atoms with E-state index in [1.807, 2.05) is 79.7 Å². The van der Waals surface area contributed by atoms with Crippen LogP contribution in [0.25, 0.3) is 27.8 Å². The summed E-state index contributed by atoms with van der Waals surface area (Å²) in [6.45, 7) is 6.25. The molecule has 198 valence electrons. The van der Waals surface area contributed by atoms with Crippen molar-refractivity contribution in [3.63, 3.8) is 0 Å². The van der Waals surface area contributed by atoms with Crippen molar-refractivity contribution < 1.29 is 9.53 Å². The molecular weight excluding hydrogens is 518 g/mol. The standard InChI is InChI=1S/C33H27N3O3S/c1-5-18-35-21(4)26(24-15-9-10-17-27(24)35)19-28-31(37)36-30(25-16-11-13-22-12-7-8-14-23(22)25)29(32(38)39-6-2)20(3)34-33(36)40-28/h1,7-17,19,30H,6,18H2,2-4H3. The normalized spacial score (nSPS) is 15.2. The van der Waals surface area contributed by atoms with Gasteiger partial charge in [-0.3, -0.25) is 9.36 Å². The third-order valence-corrected chi connectivity index (χ3v) is 8.42. The van der Waals surface area contributed by atoms with E-state index in [4.69, 9.17) is 16.2 Å². The number of ether oxygens (including phenoxy) is 1. The molecule has 0 saturated carbocycles. The van der Waals surface area contributed by atoms with Crippen molar-refractivity contribution in [2.75, 3.05) is 6.61 Å². The van der Waals surface area contributed by atoms with Gasteiger partial charge in [-0.05, 0) is 49.2 Å². The number of rotatable bonds is 5. The molecule has 0 amide bonds. The average Bonchev–Trinajstić information content (AvgIpc) is 3.41. The van der Waals surface area contributed by atoms with E-state index in [9.17, 15) is 9.59 Å². The lowest BCUT2D eigenvalue weighted by molar-refractivity contribution is -0.139. The first-order valence-electron chi connectivity index (χ1n) is 13.1. The number of nitrogens with zero attached hydrogens (tertiary/aromatic N) is 3. The van der Waals surface area contributed by atoms with E-state index in [-0.39, 0.29) is 12.2 Å². The van der Waals surface area contributed by atoms with Gasteiger partial charge in [0.15, 0.2) is 4.80 Å². The van der Waals surface area contributed by atoms with E-state index < -0.39 is 12.0 Å². The zero-order chi connectivity index (χ0) is 28.0. The van der Waals surface area contributed by atoms with Crippen molar-refractivity contribution in [1.82, 2.24) is 9.13 Å². The molecule has 0 bridgehead atoms.